The van der Waals surface area contributed by atoms with E-state index in [0.717, 1.165) is 73.0 Å². The number of hydrogen-bond acceptors (Lipinski definition) is 5. The van der Waals surface area contributed by atoms with Gasteiger partial charge < -0.3 is 15.0 Å². The van der Waals surface area contributed by atoms with Crippen LogP contribution >= 0.6 is 11.3 Å². The fraction of sp³-hybridized carbons (Fsp3) is 0.556. The third-order valence-corrected chi connectivity index (χ3v) is 6.25. The van der Waals surface area contributed by atoms with Gasteiger partial charge in [0.05, 0.1) is 23.4 Å². The van der Waals surface area contributed by atoms with E-state index in [0.29, 0.717) is 0 Å². The maximum absolute atomic E-state index is 12.6. The standard InChI is InChI=1S/C18H23N3O2S/c1-18(6-2-3-7-18)16(22)19-13-4-5-14-15(12-13)24-17(20-14)21-8-10-23-11-9-21/h4-5,12H,2-3,6-11H2,1H3,(H,19,22). The van der Waals surface area contributed by atoms with Crippen molar-refractivity contribution in [1.29, 1.82) is 0 Å². The Kier molecular flexibility index (Phi) is 4.18. The van der Waals surface area contributed by atoms with Gasteiger partial charge in [0.1, 0.15) is 0 Å². The summed E-state index contributed by atoms with van der Waals surface area (Å²) >= 11 is 1.68. The minimum absolute atomic E-state index is 0.150. The summed E-state index contributed by atoms with van der Waals surface area (Å²) in [4.78, 5) is 19.6. The number of nitrogens with zero attached hydrogens (tertiary/aromatic N) is 2. The zero-order valence-electron chi connectivity index (χ0n) is 14.0. The normalized spacial score (nSPS) is 20.5. The van der Waals surface area contributed by atoms with Crippen molar-refractivity contribution in [1.82, 2.24) is 4.98 Å². The number of rotatable bonds is 3. The van der Waals surface area contributed by atoms with Crippen molar-refractivity contribution in [3.63, 3.8) is 0 Å². The van der Waals surface area contributed by atoms with Crippen molar-refractivity contribution >= 4 is 38.3 Å². The lowest BCUT2D eigenvalue weighted by atomic mass is 9.88. The molecule has 2 aromatic rings. The Hall–Kier alpha value is -1.66. The minimum Gasteiger partial charge on any atom is -0.378 e. The Morgan fingerprint density at radius 3 is 2.79 bits per heavy atom. The molecule has 1 aromatic heterocycles. The van der Waals surface area contributed by atoms with E-state index in [1.807, 2.05) is 18.2 Å². The summed E-state index contributed by atoms with van der Waals surface area (Å²) in [5.74, 6) is 0.150. The number of fused-ring (bicyclic) bond motifs is 1. The summed E-state index contributed by atoms with van der Waals surface area (Å²) in [5.41, 5.74) is 1.66. The van der Waals surface area contributed by atoms with Gasteiger partial charge in [-0.05, 0) is 31.0 Å². The number of aromatic nitrogens is 1. The van der Waals surface area contributed by atoms with Gasteiger partial charge in [-0.1, -0.05) is 31.1 Å². The van der Waals surface area contributed by atoms with Crippen LogP contribution in [0.15, 0.2) is 18.2 Å². The van der Waals surface area contributed by atoms with E-state index >= 15 is 0 Å². The number of carbonyl (C=O) groups is 1. The number of amides is 1. The van der Waals surface area contributed by atoms with Crippen LogP contribution in [0.1, 0.15) is 32.6 Å². The van der Waals surface area contributed by atoms with Crippen LogP contribution in [0.4, 0.5) is 10.8 Å². The molecule has 1 amide bonds. The lowest BCUT2D eigenvalue weighted by molar-refractivity contribution is -0.124. The third-order valence-electron chi connectivity index (χ3n) is 5.17. The summed E-state index contributed by atoms with van der Waals surface area (Å²) in [6.07, 6.45) is 4.28. The van der Waals surface area contributed by atoms with Gasteiger partial charge in [0, 0.05) is 24.2 Å². The molecule has 0 radical (unpaired) electrons. The number of carbonyl (C=O) groups excluding carboxylic acids is 1. The first-order chi connectivity index (χ1) is 11.6. The Bertz CT molecular complexity index is 746. The highest BCUT2D eigenvalue weighted by Crippen LogP contribution is 2.39. The topological polar surface area (TPSA) is 54.5 Å². The molecule has 2 fully saturated rings. The molecule has 2 heterocycles. The molecule has 1 aliphatic carbocycles. The van der Waals surface area contributed by atoms with Gasteiger partial charge in [0.15, 0.2) is 5.13 Å². The molecule has 1 aromatic carbocycles. The maximum Gasteiger partial charge on any atom is 0.230 e. The smallest absolute Gasteiger partial charge is 0.230 e. The molecule has 0 atom stereocenters. The average Bonchev–Trinajstić information content (AvgIpc) is 3.22. The molecule has 0 spiro atoms. The monoisotopic (exact) mass is 345 g/mol. The van der Waals surface area contributed by atoms with Crippen molar-refractivity contribution in [3.05, 3.63) is 18.2 Å². The molecular weight excluding hydrogens is 322 g/mol. The molecule has 1 saturated heterocycles. The SMILES string of the molecule is CC1(C(=O)Nc2ccc3nc(N4CCOCC4)sc3c2)CCCC1. The first kappa shape index (κ1) is 15.8. The van der Waals surface area contributed by atoms with Gasteiger partial charge in [-0.15, -0.1) is 0 Å². The molecule has 0 bridgehead atoms. The summed E-state index contributed by atoms with van der Waals surface area (Å²) in [6.45, 7) is 5.38. The summed E-state index contributed by atoms with van der Waals surface area (Å²) in [5, 5.41) is 4.15. The third kappa shape index (κ3) is 3.00. The summed E-state index contributed by atoms with van der Waals surface area (Å²) < 4.78 is 6.52. The fourth-order valence-electron chi connectivity index (χ4n) is 3.54. The van der Waals surface area contributed by atoms with Crippen LogP contribution in [-0.4, -0.2) is 37.2 Å². The largest absolute Gasteiger partial charge is 0.378 e. The van der Waals surface area contributed by atoms with E-state index in [-0.39, 0.29) is 11.3 Å². The van der Waals surface area contributed by atoms with E-state index in [1.165, 1.54) is 0 Å². The van der Waals surface area contributed by atoms with Gasteiger partial charge in [0.2, 0.25) is 5.91 Å². The number of thiazole rings is 1. The second-order valence-electron chi connectivity index (χ2n) is 7.00. The van der Waals surface area contributed by atoms with Gasteiger partial charge >= 0.3 is 0 Å². The van der Waals surface area contributed by atoms with Crippen molar-refractivity contribution in [2.45, 2.75) is 32.6 Å². The van der Waals surface area contributed by atoms with E-state index in [4.69, 9.17) is 9.72 Å². The molecule has 1 saturated carbocycles. The number of morpholine rings is 1. The van der Waals surface area contributed by atoms with Crippen LogP contribution in [0.2, 0.25) is 0 Å². The molecule has 2 aliphatic rings. The highest BCUT2D eigenvalue weighted by molar-refractivity contribution is 7.22. The highest BCUT2D eigenvalue weighted by atomic mass is 32.1. The Balaban J connectivity index is 1.53. The lowest BCUT2D eigenvalue weighted by Crippen LogP contribution is -2.36. The molecule has 4 rings (SSSR count). The zero-order valence-corrected chi connectivity index (χ0v) is 14.8. The Labute approximate surface area is 146 Å². The van der Waals surface area contributed by atoms with Crippen LogP contribution in [0, 0.1) is 5.41 Å². The number of ether oxygens (including phenoxy) is 1. The van der Waals surface area contributed by atoms with Gasteiger partial charge in [-0.2, -0.15) is 0 Å². The number of hydrogen-bond donors (Lipinski definition) is 1. The average molecular weight is 345 g/mol. The number of nitrogens with one attached hydrogen (secondary N) is 1. The van der Waals surface area contributed by atoms with Crippen molar-refractivity contribution in [2.24, 2.45) is 5.41 Å². The first-order valence-electron chi connectivity index (χ1n) is 8.69. The molecule has 0 unspecified atom stereocenters. The molecule has 128 valence electrons. The Morgan fingerprint density at radius 2 is 2.04 bits per heavy atom. The Morgan fingerprint density at radius 1 is 1.29 bits per heavy atom. The molecule has 1 aliphatic heterocycles. The fourth-order valence-corrected chi connectivity index (χ4v) is 4.60. The van der Waals surface area contributed by atoms with E-state index in [9.17, 15) is 4.79 Å². The summed E-state index contributed by atoms with van der Waals surface area (Å²) in [6, 6.07) is 6.01. The van der Waals surface area contributed by atoms with Crippen LogP contribution < -0.4 is 10.2 Å². The van der Waals surface area contributed by atoms with Crippen LogP contribution in [0.25, 0.3) is 10.2 Å². The first-order valence-corrected chi connectivity index (χ1v) is 9.50. The number of anilines is 2. The van der Waals surface area contributed by atoms with Crippen LogP contribution in [0.3, 0.4) is 0 Å². The quantitative estimate of drug-likeness (QED) is 0.922. The molecule has 1 N–H and O–H groups in total. The number of benzene rings is 1. The summed E-state index contributed by atoms with van der Waals surface area (Å²) in [7, 11) is 0. The molecule has 6 heteroatoms. The molecular formula is C18H23N3O2S. The van der Waals surface area contributed by atoms with E-state index < -0.39 is 0 Å². The van der Waals surface area contributed by atoms with Crippen LogP contribution in [-0.2, 0) is 9.53 Å². The van der Waals surface area contributed by atoms with Gasteiger partial charge in [-0.25, -0.2) is 4.98 Å². The highest BCUT2D eigenvalue weighted by Gasteiger charge is 2.36. The van der Waals surface area contributed by atoms with E-state index in [2.05, 4.69) is 17.1 Å². The van der Waals surface area contributed by atoms with E-state index in [1.54, 1.807) is 11.3 Å². The maximum atomic E-state index is 12.6. The van der Waals surface area contributed by atoms with Crippen molar-refractivity contribution in [3.8, 4) is 0 Å². The lowest BCUT2D eigenvalue weighted by Gasteiger charge is -2.25. The van der Waals surface area contributed by atoms with Crippen LogP contribution in [0.5, 0.6) is 0 Å². The van der Waals surface area contributed by atoms with Gasteiger partial charge in [-0.3, -0.25) is 4.79 Å². The molecule has 5 nitrogen and oxygen atoms in total. The minimum atomic E-state index is -0.207. The zero-order chi connectivity index (χ0) is 16.6. The van der Waals surface area contributed by atoms with Crippen molar-refractivity contribution in [2.75, 3.05) is 36.5 Å². The van der Waals surface area contributed by atoms with Gasteiger partial charge in [0.25, 0.3) is 0 Å². The molecule has 24 heavy (non-hydrogen) atoms. The predicted molar refractivity (Wildman–Crippen MR) is 97.9 cm³/mol. The van der Waals surface area contributed by atoms with Crippen molar-refractivity contribution < 1.29 is 9.53 Å². The second kappa shape index (κ2) is 6.33. The second-order valence-corrected chi connectivity index (χ2v) is 8.01. The predicted octanol–water partition coefficient (Wildman–Crippen LogP) is 3.65.